The minimum absolute atomic E-state index is 0.0784. The van der Waals surface area contributed by atoms with Gasteiger partial charge in [0.2, 0.25) is 5.91 Å². The normalized spacial score (nSPS) is 22.7. The molecule has 1 aromatic heterocycles. The number of amides is 3. The first-order valence-electron chi connectivity index (χ1n) is 10.5. The maximum absolute atomic E-state index is 13.2. The van der Waals surface area contributed by atoms with Gasteiger partial charge in [0.1, 0.15) is 24.2 Å². The fourth-order valence-corrected chi connectivity index (χ4v) is 4.08. The zero-order valence-corrected chi connectivity index (χ0v) is 18.2. The fraction of sp³-hybridized carbons (Fsp3) is 0.455. The number of hydrogen-bond donors (Lipinski definition) is 2. The maximum Gasteiger partial charge on any atom is 0.277 e. The van der Waals surface area contributed by atoms with Crippen molar-refractivity contribution in [3.8, 4) is 5.75 Å². The van der Waals surface area contributed by atoms with Gasteiger partial charge in [-0.15, -0.1) is 0 Å². The lowest BCUT2D eigenvalue weighted by molar-refractivity contribution is -0.133. The molecule has 1 saturated heterocycles. The Bertz CT molecular complexity index is 1040. The van der Waals surface area contributed by atoms with Crippen molar-refractivity contribution in [3.63, 3.8) is 0 Å². The summed E-state index contributed by atoms with van der Waals surface area (Å²) in [5.74, 6) is 0.201. The fourth-order valence-electron chi connectivity index (χ4n) is 4.08. The molecule has 3 atom stereocenters. The van der Waals surface area contributed by atoms with Gasteiger partial charge < -0.3 is 29.5 Å². The van der Waals surface area contributed by atoms with Gasteiger partial charge in [-0.3, -0.25) is 14.4 Å². The number of aromatic nitrogens is 1. The molecule has 1 fully saturated rings. The highest BCUT2D eigenvalue weighted by atomic mass is 16.5. The molecule has 170 valence electrons. The Morgan fingerprint density at radius 1 is 1.25 bits per heavy atom. The predicted molar refractivity (Wildman–Crippen MR) is 114 cm³/mol. The number of nitrogens with zero attached hydrogens (tertiary/aromatic N) is 2. The van der Waals surface area contributed by atoms with Crippen LogP contribution in [-0.4, -0.2) is 66.7 Å². The molecule has 4 rings (SSSR count). The first kappa shape index (κ1) is 21.8. The van der Waals surface area contributed by atoms with Crippen molar-refractivity contribution in [3.05, 3.63) is 41.3 Å². The van der Waals surface area contributed by atoms with E-state index in [1.807, 2.05) is 0 Å². The van der Waals surface area contributed by atoms with Gasteiger partial charge in [-0.1, -0.05) is 5.16 Å². The molecule has 2 N–H and O–H groups in total. The van der Waals surface area contributed by atoms with Crippen molar-refractivity contribution in [1.29, 1.82) is 0 Å². The largest absolute Gasteiger partial charge is 0.490 e. The second-order valence-corrected chi connectivity index (χ2v) is 8.03. The van der Waals surface area contributed by atoms with Crippen molar-refractivity contribution in [2.75, 3.05) is 26.0 Å². The summed E-state index contributed by atoms with van der Waals surface area (Å²) >= 11 is 0. The van der Waals surface area contributed by atoms with Crippen LogP contribution in [0.1, 0.15) is 45.9 Å². The lowest BCUT2D eigenvalue weighted by Crippen LogP contribution is -2.53. The van der Waals surface area contributed by atoms with Crippen LogP contribution in [0.2, 0.25) is 0 Å². The first-order valence-corrected chi connectivity index (χ1v) is 10.5. The van der Waals surface area contributed by atoms with Crippen LogP contribution in [0.3, 0.4) is 0 Å². The number of carbonyl (C=O) groups is 3. The van der Waals surface area contributed by atoms with Gasteiger partial charge in [0.25, 0.3) is 11.8 Å². The molecule has 0 spiro atoms. The number of aryl methyl sites for hydroxylation is 1. The number of anilines is 1. The first-order chi connectivity index (χ1) is 15.4. The second kappa shape index (κ2) is 8.99. The zero-order valence-electron chi connectivity index (χ0n) is 18.2. The van der Waals surface area contributed by atoms with E-state index in [1.165, 1.54) is 6.07 Å². The molecule has 3 heterocycles. The Labute approximate surface area is 185 Å². The van der Waals surface area contributed by atoms with E-state index in [0.717, 1.165) is 0 Å². The molecule has 10 heteroatoms. The molecule has 0 aliphatic carbocycles. The van der Waals surface area contributed by atoms with Crippen LogP contribution in [-0.2, 0) is 9.53 Å². The molecule has 2 aliphatic heterocycles. The topological polar surface area (TPSA) is 123 Å². The van der Waals surface area contributed by atoms with Gasteiger partial charge >= 0.3 is 0 Å². The van der Waals surface area contributed by atoms with Crippen molar-refractivity contribution in [2.24, 2.45) is 0 Å². The monoisotopic (exact) mass is 442 g/mol. The van der Waals surface area contributed by atoms with Crippen molar-refractivity contribution in [2.45, 2.75) is 44.4 Å². The van der Waals surface area contributed by atoms with E-state index >= 15 is 0 Å². The zero-order chi connectivity index (χ0) is 22.8. The Balaban J connectivity index is 1.51. The summed E-state index contributed by atoms with van der Waals surface area (Å²) in [5, 5.41) is 9.04. The summed E-state index contributed by atoms with van der Waals surface area (Å²) in [4.78, 5) is 39.0. The van der Waals surface area contributed by atoms with Gasteiger partial charge in [0.15, 0.2) is 5.69 Å². The number of carbonyl (C=O) groups excluding carboxylic acids is 3. The minimum atomic E-state index is -0.433. The minimum Gasteiger partial charge on any atom is -0.490 e. The van der Waals surface area contributed by atoms with Crippen LogP contribution in [0.4, 0.5) is 5.69 Å². The molecule has 2 aromatic rings. The second-order valence-electron chi connectivity index (χ2n) is 8.03. The summed E-state index contributed by atoms with van der Waals surface area (Å²) in [6.07, 6.45) is 1.11. The van der Waals surface area contributed by atoms with E-state index in [1.54, 1.807) is 44.1 Å². The summed E-state index contributed by atoms with van der Waals surface area (Å²) < 4.78 is 17.0. The molecule has 1 aromatic carbocycles. The van der Waals surface area contributed by atoms with E-state index in [0.29, 0.717) is 35.6 Å². The van der Waals surface area contributed by atoms with Crippen molar-refractivity contribution < 1.29 is 28.4 Å². The molecule has 0 saturated carbocycles. The van der Waals surface area contributed by atoms with Crippen LogP contribution >= 0.6 is 0 Å². The highest BCUT2D eigenvalue weighted by Crippen LogP contribution is 2.32. The smallest absolute Gasteiger partial charge is 0.277 e. The quantitative estimate of drug-likeness (QED) is 0.739. The lowest BCUT2D eigenvalue weighted by Gasteiger charge is -2.42. The SMILES string of the molecule is CNC(=O)C[C@@H]1CC[C@H]2[C@H](COc3ccc(NC(=O)c4cc(C)on4)cc3C(=O)N2C)O1. The molecule has 3 amide bonds. The predicted octanol–water partition coefficient (Wildman–Crippen LogP) is 1.75. The number of fused-ring (bicyclic) bond motifs is 2. The molecule has 0 radical (unpaired) electrons. The highest BCUT2D eigenvalue weighted by Gasteiger charge is 2.39. The summed E-state index contributed by atoms with van der Waals surface area (Å²) in [6, 6.07) is 6.26. The maximum atomic E-state index is 13.2. The van der Waals surface area contributed by atoms with Crippen molar-refractivity contribution in [1.82, 2.24) is 15.4 Å². The number of rotatable bonds is 4. The molecule has 2 aliphatic rings. The van der Waals surface area contributed by atoms with Crippen molar-refractivity contribution >= 4 is 23.4 Å². The Morgan fingerprint density at radius 2 is 2.06 bits per heavy atom. The average Bonchev–Trinajstić information content (AvgIpc) is 3.23. The standard InChI is InChI=1S/C22H26N4O6/c1-12-8-16(25-32-12)21(28)24-13-4-7-18-15(9-13)22(29)26(3)17-6-5-14(10-20(27)23-2)31-19(17)11-30-18/h4,7-9,14,17,19H,5-6,10-11H2,1-3H3,(H,23,27)(H,24,28)/t14-,17-,19-/m0/s1. The Kier molecular flexibility index (Phi) is 6.13. The number of hydrogen-bond acceptors (Lipinski definition) is 7. The molecule has 10 nitrogen and oxygen atoms in total. The van der Waals surface area contributed by atoms with Gasteiger partial charge in [-0.05, 0) is 38.0 Å². The molecule has 0 unspecified atom stereocenters. The third kappa shape index (κ3) is 4.45. The molecular formula is C22H26N4O6. The number of ether oxygens (including phenoxy) is 2. The van der Waals surface area contributed by atoms with Gasteiger partial charge in [0.05, 0.1) is 24.1 Å². The summed E-state index contributed by atoms with van der Waals surface area (Å²) in [7, 11) is 3.33. The van der Waals surface area contributed by atoms with E-state index in [-0.39, 0.29) is 48.8 Å². The highest BCUT2D eigenvalue weighted by molar-refractivity contribution is 6.04. The van der Waals surface area contributed by atoms with E-state index in [9.17, 15) is 14.4 Å². The van der Waals surface area contributed by atoms with E-state index in [4.69, 9.17) is 14.0 Å². The number of nitrogens with one attached hydrogen (secondary N) is 2. The van der Waals surface area contributed by atoms with Gasteiger partial charge in [-0.2, -0.15) is 0 Å². The number of likely N-dealkylation sites (N-methyl/N-ethyl adjacent to an activating group) is 1. The van der Waals surface area contributed by atoms with Crippen LogP contribution in [0.5, 0.6) is 5.75 Å². The molecular weight excluding hydrogens is 416 g/mol. The number of benzene rings is 1. The van der Waals surface area contributed by atoms with Crippen LogP contribution in [0.15, 0.2) is 28.8 Å². The third-order valence-corrected chi connectivity index (χ3v) is 5.82. The van der Waals surface area contributed by atoms with Crippen LogP contribution < -0.4 is 15.4 Å². The summed E-state index contributed by atoms with van der Waals surface area (Å²) in [5.41, 5.74) is 0.956. The van der Waals surface area contributed by atoms with E-state index in [2.05, 4.69) is 15.8 Å². The Morgan fingerprint density at radius 3 is 2.78 bits per heavy atom. The molecule has 0 bridgehead atoms. The van der Waals surface area contributed by atoms with Gasteiger partial charge in [-0.25, -0.2) is 0 Å². The average molecular weight is 442 g/mol. The van der Waals surface area contributed by atoms with E-state index < -0.39 is 5.91 Å². The summed E-state index contributed by atoms with van der Waals surface area (Å²) in [6.45, 7) is 1.95. The van der Waals surface area contributed by atoms with Crippen LogP contribution in [0, 0.1) is 6.92 Å². The van der Waals surface area contributed by atoms with Gasteiger partial charge in [0, 0.05) is 25.8 Å². The van der Waals surface area contributed by atoms with Crippen LogP contribution in [0.25, 0.3) is 0 Å². The lowest BCUT2D eigenvalue weighted by atomic mass is 9.94. The molecule has 32 heavy (non-hydrogen) atoms. The Hall–Kier alpha value is -3.40. The third-order valence-electron chi connectivity index (χ3n) is 5.82.